The summed E-state index contributed by atoms with van der Waals surface area (Å²) in [5.41, 5.74) is 3.01. The quantitative estimate of drug-likeness (QED) is 0.854. The van der Waals surface area contributed by atoms with Crippen molar-refractivity contribution in [1.29, 1.82) is 0 Å². The lowest BCUT2D eigenvalue weighted by Crippen LogP contribution is -2.24. The lowest BCUT2D eigenvalue weighted by Gasteiger charge is -2.26. The molecule has 3 rings (SSSR count). The zero-order valence-corrected chi connectivity index (χ0v) is 14.6. The second-order valence-electron chi connectivity index (χ2n) is 5.82. The lowest BCUT2D eigenvalue weighted by molar-refractivity contribution is -0.116. The Kier molecular flexibility index (Phi) is 5.43. The highest BCUT2D eigenvalue weighted by Crippen LogP contribution is 2.38. The smallest absolute Gasteiger partial charge is 0.411 e. The first-order valence-electron chi connectivity index (χ1n) is 8.28. The highest BCUT2D eigenvalue weighted by atomic mass is 16.5. The van der Waals surface area contributed by atoms with Gasteiger partial charge in [0.15, 0.2) is 5.82 Å². The molecule has 2 amide bonds. The molecule has 0 radical (unpaired) electrons. The maximum atomic E-state index is 12.1. The van der Waals surface area contributed by atoms with Crippen LogP contribution in [0.3, 0.4) is 0 Å². The third kappa shape index (κ3) is 3.97. The van der Waals surface area contributed by atoms with Gasteiger partial charge in [0.1, 0.15) is 6.61 Å². The number of aromatic nitrogens is 2. The molecule has 1 aliphatic rings. The highest BCUT2D eigenvalue weighted by molar-refractivity contribution is 5.96. The van der Waals surface area contributed by atoms with Gasteiger partial charge in [-0.25, -0.2) is 14.8 Å². The number of anilines is 2. The van der Waals surface area contributed by atoms with Gasteiger partial charge in [0.2, 0.25) is 5.91 Å². The fourth-order valence-corrected chi connectivity index (χ4v) is 2.87. The number of nitrogens with zero attached hydrogens (tertiary/aromatic N) is 2. The molecular weight excluding hydrogens is 336 g/mol. The minimum atomic E-state index is -0.534. The Labute approximate surface area is 150 Å². The van der Waals surface area contributed by atoms with Crippen LogP contribution in [0.4, 0.5) is 16.2 Å². The second-order valence-corrected chi connectivity index (χ2v) is 5.82. The third-order valence-electron chi connectivity index (χ3n) is 4.02. The van der Waals surface area contributed by atoms with Crippen LogP contribution in [0.2, 0.25) is 0 Å². The standard InChI is InChI=1S/C18H20N4O4/c1-3-26-18(24)21-12-4-5-13-14(7-17(23)22-15(13)6-12)11-8-19-16(10-25-2)20-9-11/h4-6,8-9,14H,3,7,10H2,1-2H3,(H,21,24)(H,22,23)/t14-/m0/s1. The number of rotatable bonds is 5. The van der Waals surface area contributed by atoms with Crippen LogP contribution >= 0.6 is 0 Å². The van der Waals surface area contributed by atoms with Gasteiger partial charge in [-0.15, -0.1) is 0 Å². The number of ether oxygens (including phenoxy) is 2. The van der Waals surface area contributed by atoms with Crippen LogP contribution in [-0.4, -0.2) is 35.7 Å². The minimum Gasteiger partial charge on any atom is -0.450 e. The Bertz CT molecular complexity index is 807. The van der Waals surface area contributed by atoms with E-state index in [1.807, 2.05) is 6.07 Å². The number of hydrogen-bond acceptors (Lipinski definition) is 6. The second kappa shape index (κ2) is 7.92. The predicted molar refractivity (Wildman–Crippen MR) is 94.9 cm³/mol. The summed E-state index contributed by atoms with van der Waals surface area (Å²) < 4.78 is 9.88. The Hall–Kier alpha value is -3.00. The molecule has 26 heavy (non-hydrogen) atoms. The maximum Gasteiger partial charge on any atom is 0.411 e. The van der Waals surface area contributed by atoms with Crippen molar-refractivity contribution < 1.29 is 19.1 Å². The average molecular weight is 356 g/mol. The molecule has 8 nitrogen and oxygen atoms in total. The molecule has 1 atom stereocenters. The summed E-state index contributed by atoms with van der Waals surface area (Å²) >= 11 is 0. The van der Waals surface area contributed by atoms with Gasteiger partial charge < -0.3 is 14.8 Å². The van der Waals surface area contributed by atoms with E-state index in [1.54, 1.807) is 38.6 Å². The van der Waals surface area contributed by atoms with Crippen molar-refractivity contribution >= 4 is 23.4 Å². The maximum absolute atomic E-state index is 12.1. The molecule has 0 bridgehead atoms. The van der Waals surface area contributed by atoms with Gasteiger partial charge in [-0.1, -0.05) is 6.07 Å². The van der Waals surface area contributed by atoms with Gasteiger partial charge >= 0.3 is 6.09 Å². The molecule has 8 heteroatoms. The summed E-state index contributed by atoms with van der Waals surface area (Å²) in [5.74, 6) is 0.342. The molecule has 0 spiro atoms. The highest BCUT2D eigenvalue weighted by Gasteiger charge is 2.27. The van der Waals surface area contributed by atoms with Crippen LogP contribution < -0.4 is 10.6 Å². The molecule has 2 N–H and O–H groups in total. The van der Waals surface area contributed by atoms with Crippen LogP contribution in [0.15, 0.2) is 30.6 Å². The number of carbonyl (C=O) groups is 2. The first kappa shape index (κ1) is 17.8. The van der Waals surface area contributed by atoms with Crippen LogP contribution in [0.1, 0.15) is 36.2 Å². The molecule has 1 aromatic heterocycles. The monoisotopic (exact) mass is 356 g/mol. The van der Waals surface area contributed by atoms with Crippen LogP contribution in [0, 0.1) is 0 Å². The number of hydrogen-bond donors (Lipinski definition) is 2. The van der Waals surface area contributed by atoms with Crippen molar-refractivity contribution in [3.8, 4) is 0 Å². The molecule has 1 aliphatic heterocycles. The number of benzene rings is 1. The van der Waals surface area contributed by atoms with Crippen LogP contribution in [0.5, 0.6) is 0 Å². The fourth-order valence-electron chi connectivity index (χ4n) is 2.87. The summed E-state index contributed by atoms with van der Waals surface area (Å²) in [7, 11) is 1.58. The first-order valence-corrected chi connectivity index (χ1v) is 8.28. The fraction of sp³-hybridized carbons (Fsp3) is 0.333. The van der Waals surface area contributed by atoms with Crippen LogP contribution in [0.25, 0.3) is 0 Å². The van der Waals surface area contributed by atoms with Crippen molar-refractivity contribution in [3.63, 3.8) is 0 Å². The molecule has 1 aromatic carbocycles. The van der Waals surface area contributed by atoms with Gasteiger partial charge in [0.25, 0.3) is 0 Å². The van der Waals surface area contributed by atoms with E-state index in [2.05, 4.69) is 20.6 Å². The van der Waals surface area contributed by atoms with Crippen molar-refractivity contribution in [2.45, 2.75) is 25.9 Å². The van der Waals surface area contributed by atoms with Crippen molar-refractivity contribution in [2.24, 2.45) is 0 Å². The number of amides is 2. The molecule has 0 saturated carbocycles. The zero-order valence-electron chi connectivity index (χ0n) is 14.6. The van der Waals surface area contributed by atoms with Crippen LogP contribution in [-0.2, 0) is 20.9 Å². The Morgan fingerprint density at radius 2 is 2.12 bits per heavy atom. The summed E-state index contributed by atoms with van der Waals surface area (Å²) in [6, 6.07) is 5.38. The third-order valence-corrected chi connectivity index (χ3v) is 4.02. The van der Waals surface area contributed by atoms with Crippen molar-refractivity contribution in [1.82, 2.24) is 9.97 Å². The molecule has 2 heterocycles. The van der Waals surface area contributed by atoms with Crippen molar-refractivity contribution in [3.05, 3.63) is 47.5 Å². The molecule has 136 valence electrons. The Morgan fingerprint density at radius 1 is 1.35 bits per heavy atom. The zero-order chi connectivity index (χ0) is 18.5. The molecule has 0 saturated heterocycles. The van der Waals surface area contributed by atoms with Gasteiger partial charge in [0.05, 0.1) is 6.61 Å². The molecule has 2 aromatic rings. The van der Waals surface area contributed by atoms with Gasteiger partial charge in [-0.3, -0.25) is 10.1 Å². The van der Waals surface area contributed by atoms with Gasteiger partial charge in [-0.2, -0.15) is 0 Å². The van der Waals surface area contributed by atoms with E-state index in [1.165, 1.54) is 0 Å². The molecular formula is C18H20N4O4. The summed E-state index contributed by atoms with van der Waals surface area (Å²) in [6.45, 7) is 2.36. The summed E-state index contributed by atoms with van der Waals surface area (Å²) in [6.07, 6.45) is 3.22. The normalized spacial score (nSPS) is 15.8. The van der Waals surface area contributed by atoms with Gasteiger partial charge in [-0.05, 0) is 30.2 Å². The lowest BCUT2D eigenvalue weighted by atomic mass is 9.86. The molecule has 0 aliphatic carbocycles. The van der Waals surface area contributed by atoms with E-state index in [9.17, 15) is 9.59 Å². The summed E-state index contributed by atoms with van der Waals surface area (Å²) in [5, 5.41) is 5.48. The molecule has 0 unspecified atom stereocenters. The topological polar surface area (TPSA) is 102 Å². The number of carbonyl (C=O) groups excluding carboxylic acids is 2. The van der Waals surface area contributed by atoms with E-state index in [-0.39, 0.29) is 18.4 Å². The SMILES string of the molecule is CCOC(=O)Nc1ccc2c(c1)NC(=O)C[C@H]2c1cnc(COC)nc1. The average Bonchev–Trinajstić information content (AvgIpc) is 2.62. The number of nitrogens with one attached hydrogen (secondary N) is 2. The number of fused-ring (bicyclic) bond motifs is 1. The van der Waals surface area contributed by atoms with E-state index in [0.29, 0.717) is 30.2 Å². The predicted octanol–water partition coefficient (Wildman–Crippen LogP) is 2.67. The Balaban J connectivity index is 1.86. The van der Waals surface area contributed by atoms with Crippen molar-refractivity contribution in [2.75, 3.05) is 24.4 Å². The van der Waals surface area contributed by atoms with E-state index in [4.69, 9.17) is 9.47 Å². The van der Waals surface area contributed by atoms with Gasteiger partial charge in [0, 0.05) is 43.2 Å². The largest absolute Gasteiger partial charge is 0.450 e. The van der Waals surface area contributed by atoms with E-state index >= 15 is 0 Å². The molecule has 0 fully saturated rings. The van der Waals surface area contributed by atoms with E-state index < -0.39 is 6.09 Å². The minimum absolute atomic E-state index is 0.100. The first-order chi connectivity index (χ1) is 12.6. The summed E-state index contributed by atoms with van der Waals surface area (Å²) in [4.78, 5) is 32.3. The Morgan fingerprint density at radius 3 is 2.81 bits per heavy atom. The number of methoxy groups -OCH3 is 1. The van der Waals surface area contributed by atoms with E-state index in [0.717, 1.165) is 11.1 Å².